The van der Waals surface area contributed by atoms with E-state index in [9.17, 15) is 9.59 Å². The van der Waals surface area contributed by atoms with Crippen molar-refractivity contribution in [2.45, 2.75) is 48.0 Å². The summed E-state index contributed by atoms with van der Waals surface area (Å²) in [6, 6.07) is 0. The van der Waals surface area contributed by atoms with Crippen LogP contribution in [0.5, 0.6) is 0 Å². The van der Waals surface area contributed by atoms with Crippen molar-refractivity contribution in [3.8, 4) is 0 Å². The van der Waals surface area contributed by atoms with E-state index < -0.39 is 10.8 Å². The molecule has 88 valence electrons. The molecule has 0 aliphatic heterocycles. The maximum absolute atomic E-state index is 11.5. The first-order valence-corrected chi connectivity index (χ1v) is 4.62. The van der Waals surface area contributed by atoms with Gasteiger partial charge in [0.15, 0.2) is 0 Å². The predicted molar refractivity (Wildman–Crippen MR) is 53.5 cm³/mol. The van der Waals surface area contributed by atoms with Crippen molar-refractivity contribution in [1.82, 2.24) is 0 Å². The van der Waals surface area contributed by atoms with Crippen LogP contribution in [0.25, 0.3) is 0 Å². The van der Waals surface area contributed by atoms with Gasteiger partial charge >= 0.3 is 0 Å². The molecule has 0 unspecified atom stereocenters. The largest absolute Gasteiger partial charge is 0.299 e. The van der Waals surface area contributed by atoms with Crippen molar-refractivity contribution < 1.29 is 46.9 Å². The van der Waals surface area contributed by atoms with Crippen molar-refractivity contribution in [3.05, 3.63) is 0 Å². The van der Waals surface area contributed by atoms with Gasteiger partial charge in [0.2, 0.25) is 0 Å². The number of carbonyl (C=O) groups is 2. The molecule has 0 saturated heterocycles. The van der Waals surface area contributed by atoms with Crippen LogP contribution < -0.4 is 0 Å². The molecular weight excluding hydrogens is 331 g/mol. The van der Waals surface area contributed by atoms with Gasteiger partial charge in [-0.2, -0.15) is 0 Å². The Balaban J connectivity index is 0. The summed E-state index contributed by atoms with van der Waals surface area (Å²) < 4.78 is 0. The van der Waals surface area contributed by atoms with Gasteiger partial charge in [0.1, 0.15) is 11.6 Å². The fraction of sp³-hybridized carbons (Fsp3) is 0.818. The maximum atomic E-state index is 11.5. The monoisotopic (exact) mass is 350 g/mol. The first kappa shape index (κ1) is 17.0. The molecule has 0 amide bonds. The molecule has 0 heterocycles. The smallest absolute Gasteiger partial charge is 0.145 e. The van der Waals surface area contributed by atoms with Gasteiger partial charge in [0.25, 0.3) is 0 Å². The summed E-state index contributed by atoms with van der Waals surface area (Å²) in [5, 5.41) is 0. The van der Waals surface area contributed by atoms with Crippen LogP contribution in [-0.2, 0) is 9.59 Å². The minimum atomic E-state index is -0.402. The Morgan fingerprint density at radius 2 is 1.00 bits per heavy atom. The van der Waals surface area contributed by atoms with E-state index in [1.807, 2.05) is 41.5 Å². The standard InChI is InChI=1S/C11H20O2.Er/c1-10(2,3)8(12)7-9(13)11(4,5)6;/h7H2,1-6H3;. The van der Waals surface area contributed by atoms with Gasteiger partial charge in [-0.05, 0) is 0 Å². The average Bonchev–Trinajstić information content (AvgIpc) is 1.82. The second-order valence-electron chi connectivity index (χ2n) is 5.52. The Morgan fingerprint density at radius 1 is 0.786 bits per heavy atom. The number of rotatable bonds is 2. The summed E-state index contributed by atoms with van der Waals surface area (Å²) >= 11 is 0. The molecule has 2 nitrogen and oxygen atoms in total. The van der Waals surface area contributed by atoms with Crippen molar-refractivity contribution >= 4 is 11.6 Å². The number of hydrogen-bond donors (Lipinski definition) is 0. The van der Waals surface area contributed by atoms with Crippen molar-refractivity contribution in [2.24, 2.45) is 10.8 Å². The summed E-state index contributed by atoms with van der Waals surface area (Å²) in [4.78, 5) is 23.0. The third-order valence-corrected chi connectivity index (χ3v) is 1.99. The Labute approximate surface area is 116 Å². The zero-order chi connectivity index (χ0) is 10.9. The van der Waals surface area contributed by atoms with Crippen LogP contribution in [0.3, 0.4) is 0 Å². The summed E-state index contributed by atoms with van der Waals surface area (Å²) in [6.07, 6.45) is 0.0625. The Hall–Kier alpha value is 0.587. The van der Waals surface area contributed by atoms with Gasteiger partial charge < -0.3 is 0 Å². The van der Waals surface area contributed by atoms with Gasteiger partial charge in [-0.3, -0.25) is 9.59 Å². The minimum absolute atomic E-state index is 0. The molecule has 0 fully saturated rings. The van der Waals surface area contributed by atoms with E-state index in [0.29, 0.717) is 0 Å². The average molecular weight is 352 g/mol. The Kier molecular flexibility index (Phi) is 6.81. The molecule has 3 heteroatoms. The maximum Gasteiger partial charge on any atom is 0.145 e. The van der Waals surface area contributed by atoms with Crippen molar-refractivity contribution in [2.75, 3.05) is 0 Å². The molecule has 0 bridgehead atoms. The molecule has 0 N–H and O–H groups in total. The van der Waals surface area contributed by atoms with Gasteiger partial charge in [-0.15, -0.1) is 0 Å². The third kappa shape index (κ3) is 6.14. The van der Waals surface area contributed by atoms with E-state index in [0.717, 1.165) is 0 Å². The molecule has 0 atom stereocenters. The van der Waals surface area contributed by atoms with Gasteiger partial charge in [-0.25, -0.2) is 0 Å². The Bertz CT molecular complexity index is 194. The Morgan fingerprint density at radius 3 is 1.14 bits per heavy atom. The zero-order valence-corrected chi connectivity index (χ0v) is 11.7. The number of carbonyl (C=O) groups excluding carboxylic acids is 2. The molecule has 0 aromatic carbocycles. The molecule has 0 saturated carbocycles. The van der Waals surface area contributed by atoms with Gasteiger partial charge in [0.05, 0.1) is 6.42 Å². The van der Waals surface area contributed by atoms with Crippen LogP contribution in [0.1, 0.15) is 48.0 Å². The summed E-state index contributed by atoms with van der Waals surface area (Å²) in [7, 11) is 0. The van der Waals surface area contributed by atoms with E-state index in [2.05, 4.69) is 0 Å². The van der Waals surface area contributed by atoms with Crippen molar-refractivity contribution in [1.29, 1.82) is 0 Å². The molecular formula is C11H20ErO2. The number of Topliss-reactive ketones (excluding diaryl/α,β-unsaturated/α-hetero) is 2. The minimum Gasteiger partial charge on any atom is -0.299 e. The quantitative estimate of drug-likeness (QED) is 0.717. The number of ketones is 2. The SMILES string of the molecule is CC(C)(C)C(=O)CC(=O)C(C)(C)C.[Er]. The van der Waals surface area contributed by atoms with Crippen LogP contribution >= 0.6 is 0 Å². The van der Waals surface area contributed by atoms with Crippen LogP contribution in [0.2, 0.25) is 0 Å². The fourth-order valence-electron chi connectivity index (χ4n) is 0.676. The molecule has 0 aliphatic rings. The van der Waals surface area contributed by atoms with Crippen LogP contribution in [0, 0.1) is 48.1 Å². The molecule has 0 radical (unpaired) electrons. The predicted octanol–water partition coefficient (Wildman–Crippen LogP) is 2.61. The van der Waals surface area contributed by atoms with E-state index >= 15 is 0 Å². The molecule has 0 aliphatic carbocycles. The molecule has 0 rings (SSSR count). The molecule has 14 heavy (non-hydrogen) atoms. The van der Waals surface area contributed by atoms with E-state index in [4.69, 9.17) is 0 Å². The summed E-state index contributed by atoms with van der Waals surface area (Å²) in [6.45, 7) is 11.0. The van der Waals surface area contributed by atoms with E-state index in [1.165, 1.54) is 0 Å². The van der Waals surface area contributed by atoms with Gasteiger partial charge in [0, 0.05) is 48.1 Å². The number of hydrogen-bond acceptors (Lipinski definition) is 2. The van der Waals surface area contributed by atoms with E-state index in [-0.39, 0.29) is 55.3 Å². The summed E-state index contributed by atoms with van der Waals surface area (Å²) in [5.41, 5.74) is -0.804. The first-order chi connectivity index (χ1) is 5.55. The van der Waals surface area contributed by atoms with Crippen molar-refractivity contribution in [3.63, 3.8) is 0 Å². The fourth-order valence-corrected chi connectivity index (χ4v) is 0.676. The molecule has 0 aromatic heterocycles. The first-order valence-electron chi connectivity index (χ1n) is 4.62. The second kappa shape index (κ2) is 5.61. The van der Waals surface area contributed by atoms with Crippen LogP contribution in [0.4, 0.5) is 0 Å². The van der Waals surface area contributed by atoms with E-state index in [1.54, 1.807) is 0 Å². The van der Waals surface area contributed by atoms with Crippen LogP contribution in [-0.4, -0.2) is 11.6 Å². The normalized spacial score (nSPS) is 11.9. The van der Waals surface area contributed by atoms with Gasteiger partial charge in [-0.1, -0.05) is 41.5 Å². The third-order valence-electron chi connectivity index (χ3n) is 1.99. The molecule has 0 spiro atoms. The topological polar surface area (TPSA) is 34.1 Å². The second-order valence-corrected chi connectivity index (χ2v) is 5.52. The van der Waals surface area contributed by atoms with Crippen LogP contribution in [0.15, 0.2) is 0 Å². The summed E-state index contributed by atoms with van der Waals surface area (Å²) in [5.74, 6) is 0.0415. The molecule has 0 aromatic rings. The zero-order valence-electron chi connectivity index (χ0n) is 9.81.